The Bertz CT molecular complexity index is 849. The molecule has 1 heterocycles. The van der Waals surface area contributed by atoms with Gasteiger partial charge in [0.05, 0.1) is 11.6 Å². The van der Waals surface area contributed by atoms with Crippen molar-refractivity contribution in [1.82, 2.24) is 15.5 Å². The van der Waals surface area contributed by atoms with Crippen molar-refractivity contribution in [3.05, 3.63) is 65.4 Å². The Morgan fingerprint density at radius 2 is 2.00 bits per heavy atom. The van der Waals surface area contributed by atoms with Crippen LogP contribution < -0.4 is 5.32 Å². The number of amides is 1. The van der Waals surface area contributed by atoms with Gasteiger partial charge in [-0.25, -0.2) is 0 Å². The van der Waals surface area contributed by atoms with Gasteiger partial charge in [-0.2, -0.15) is 5.10 Å². The summed E-state index contributed by atoms with van der Waals surface area (Å²) in [6.07, 6.45) is 2.33. The number of fused-ring (bicyclic) bond motifs is 1. The normalized spacial score (nSPS) is 15.5. The summed E-state index contributed by atoms with van der Waals surface area (Å²) in [4.78, 5) is 12.8. The van der Waals surface area contributed by atoms with E-state index >= 15 is 0 Å². The number of carbonyl (C=O) groups excluding carboxylic acids is 1. The van der Waals surface area contributed by atoms with Crippen LogP contribution in [0.3, 0.4) is 0 Å². The molecule has 23 heavy (non-hydrogen) atoms. The van der Waals surface area contributed by atoms with Gasteiger partial charge in [-0.1, -0.05) is 42.0 Å². The lowest BCUT2D eigenvalue weighted by atomic mass is 10.0. The Morgan fingerprint density at radius 1 is 1.22 bits per heavy atom. The number of H-pyrrole nitrogens is 1. The van der Waals surface area contributed by atoms with Crippen LogP contribution in [0.2, 0.25) is 0 Å². The zero-order valence-electron chi connectivity index (χ0n) is 13.0. The number of carbonyl (C=O) groups is 1. The van der Waals surface area contributed by atoms with Crippen molar-refractivity contribution >= 4 is 16.8 Å². The van der Waals surface area contributed by atoms with Gasteiger partial charge in [-0.15, -0.1) is 0 Å². The molecule has 0 saturated heterocycles. The molecule has 4 rings (SSSR count). The van der Waals surface area contributed by atoms with Crippen LogP contribution in [-0.2, 0) is 0 Å². The standard InChI is InChI=1S/C19H19N3O/c1-12-7-10-16-15(11-12)18(22-21-16)19(23)20-17(14-8-9-14)13-5-3-2-4-6-13/h2-7,10-11,14,17H,8-9H2,1H3,(H,20,23)(H,21,22). The van der Waals surface area contributed by atoms with Gasteiger partial charge in [0, 0.05) is 5.39 Å². The van der Waals surface area contributed by atoms with E-state index < -0.39 is 0 Å². The summed E-state index contributed by atoms with van der Waals surface area (Å²) in [5, 5.41) is 11.2. The molecular weight excluding hydrogens is 286 g/mol. The molecule has 1 atom stereocenters. The van der Waals surface area contributed by atoms with Crippen molar-refractivity contribution in [2.75, 3.05) is 0 Å². The highest BCUT2D eigenvalue weighted by molar-refractivity contribution is 6.04. The third-order valence-electron chi connectivity index (χ3n) is 4.47. The number of benzene rings is 2. The Balaban J connectivity index is 1.64. The van der Waals surface area contributed by atoms with Gasteiger partial charge < -0.3 is 5.32 Å². The van der Waals surface area contributed by atoms with Crippen LogP contribution in [0, 0.1) is 12.8 Å². The van der Waals surface area contributed by atoms with E-state index in [0.29, 0.717) is 11.6 Å². The number of nitrogens with one attached hydrogen (secondary N) is 2. The first-order valence-electron chi connectivity index (χ1n) is 8.03. The van der Waals surface area contributed by atoms with Gasteiger partial charge in [0.2, 0.25) is 0 Å². The summed E-state index contributed by atoms with van der Waals surface area (Å²) in [7, 11) is 0. The highest BCUT2D eigenvalue weighted by atomic mass is 16.2. The summed E-state index contributed by atoms with van der Waals surface area (Å²) >= 11 is 0. The fraction of sp³-hybridized carbons (Fsp3) is 0.263. The molecule has 1 unspecified atom stereocenters. The Morgan fingerprint density at radius 3 is 2.74 bits per heavy atom. The lowest BCUT2D eigenvalue weighted by Gasteiger charge is -2.18. The van der Waals surface area contributed by atoms with Crippen LogP contribution in [0.5, 0.6) is 0 Å². The van der Waals surface area contributed by atoms with Gasteiger partial charge in [-0.3, -0.25) is 9.89 Å². The maximum Gasteiger partial charge on any atom is 0.272 e. The number of nitrogens with zero attached hydrogens (tertiary/aromatic N) is 1. The molecule has 1 aliphatic rings. The van der Waals surface area contributed by atoms with E-state index in [-0.39, 0.29) is 11.9 Å². The Kier molecular flexibility index (Phi) is 3.37. The molecule has 1 aromatic heterocycles. The van der Waals surface area contributed by atoms with E-state index in [9.17, 15) is 4.79 Å². The molecule has 116 valence electrons. The smallest absolute Gasteiger partial charge is 0.272 e. The lowest BCUT2D eigenvalue weighted by Crippen LogP contribution is -2.30. The van der Waals surface area contributed by atoms with Crippen molar-refractivity contribution in [2.24, 2.45) is 5.92 Å². The van der Waals surface area contributed by atoms with E-state index in [0.717, 1.165) is 16.5 Å². The topological polar surface area (TPSA) is 57.8 Å². The van der Waals surface area contributed by atoms with E-state index in [4.69, 9.17) is 0 Å². The fourth-order valence-corrected chi connectivity index (χ4v) is 3.07. The Hall–Kier alpha value is -2.62. The SMILES string of the molecule is Cc1ccc2[nH]nc(C(=O)NC(c3ccccc3)C3CC3)c2c1. The van der Waals surface area contributed by atoms with Crippen LogP contribution in [-0.4, -0.2) is 16.1 Å². The second-order valence-electron chi connectivity index (χ2n) is 6.32. The molecule has 0 radical (unpaired) electrons. The second-order valence-corrected chi connectivity index (χ2v) is 6.32. The van der Waals surface area contributed by atoms with Gasteiger partial charge in [-0.05, 0) is 43.4 Å². The molecule has 2 aromatic carbocycles. The van der Waals surface area contributed by atoms with E-state index in [2.05, 4.69) is 27.6 Å². The number of aromatic amines is 1. The molecule has 0 spiro atoms. The van der Waals surface area contributed by atoms with E-state index in [1.807, 2.05) is 43.3 Å². The first-order chi connectivity index (χ1) is 11.2. The summed E-state index contributed by atoms with van der Waals surface area (Å²) < 4.78 is 0. The maximum atomic E-state index is 12.8. The van der Waals surface area contributed by atoms with E-state index in [1.165, 1.54) is 18.4 Å². The molecule has 1 saturated carbocycles. The largest absolute Gasteiger partial charge is 0.344 e. The van der Waals surface area contributed by atoms with E-state index in [1.54, 1.807) is 0 Å². The van der Waals surface area contributed by atoms with Crippen molar-refractivity contribution in [3.63, 3.8) is 0 Å². The van der Waals surface area contributed by atoms with Crippen molar-refractivity contribution < 1.29 is 4.79 Å². The number of hydrogen-bond acceptors (Lipinski definition) is 2. The highest BCUT2D eigenvalue weighted by Crippen LogP contribution is 2.41. The van der Waals surface area contributed by atoms with Crippen molar-refractivity contribution in [3.8, 4) is 0 Å². The zero-order chi connectivity index (χ0) is 15.8. The van der Waals surface area contributed by atoms with Crippen LogP contribution in [0.25, 0.3) is 10.9 Å². The first-order valence-corrected chi connectivity index (χ1v) is 8.03. The predicted molar refractivity (Wildman–Crippen MR) is 90.2 cm³/mol. The lowest BCUT2D eigenvalue weighted by molar-refractivity contribution is 0.0928. The average molecular weight is 305 g/mol. The highest BCUT2D eigenvalue weighted by Gasteiger charge is 2.34. The molecular formula is C19H19N3O. The first kappa shape index (κ1) is 14.0. The molecule has 4 nitrogen and oxygen atoms in total. The molecule has 1 aliphatic carbocycles. The predicted octanol–water partition coefficient (Wildman–Crippen LogP) is 3.75. The molecule has 0 aliphatic heterocycles. The Labute approximate surface area is 134 Å². The molecule has 0 bridgehead atoms. The molecule has 1 amide bonds. The van der Waals surface area contributed by atoms with Crippen LogP contribution >= 0.6 is 0 Å². The minimum atomic E-state index is -0.109. The van der Waals surface area contributed by atoms with Crippen LogP contribution in [0.15, 0.2) is 48.5 Å². The quantitative estimate of drug-likeness (QED) is 0.771. The zero-order valence-corrected chi connectivity index (χ0v) is 13.0. The average Bonchev–Trinajstić information content (AvgIpc) is 3.32. The van der Waals surface area contributed by atoms with Gasteiger partial charge >= 0.3 is 0 Å². The van der Waals surface area contributed by atoms with Crippen molar-refractivity contribution in [1.29, 1.82) is 0 Å². The minimum absolute atomic E-state index is 0.0697. The molecule has 1 fully saturated rings. The summed E-state index contributed by atoms with van der Waals surface area (Å²) in [5.41, 5.74) is 3.66. The van der Waals surface area contributed by atoms with Gasteiger partial charge in [0.1, 0.15) is 0 Å². The maximum absolute atomic E-state index is 12.8. The summed E-state index contributed by atoms with van der Waals surface area (Å²) in [6.45, 7) is 2.02. The van der Waals surface area contributed by atoms with Gasteiger partial charge in [0.25, 0.3) is 5.91 Å². The molecule has 4 heteroatoms. The monoisotopic (exact) mass is 305 g/mol. The van der Waals surface area contributed by atoms with Crippen LogP contribution in [0.1, 0.15) is 40.5 Å². The number of aryl methyl sites for hydroxylation is 1. The number of hydrogen-bond donors (Lipinski definition) is 2. The second kappa shape index (κ2) is 5.54. The number of aromatic nitrogens is 2. The number of rotatable bonds is 4. The van der Waals surface area contributed by atoms with Gasteiger partial charge in [0.15, 0.2) is 5.69 Å². The molecule has 3 aromatic rings. The summed E-state index contributed by atoms with van der Waals surface area (Å²) in [6, 6.07) is 16.2. The molecule has 2 N–H and O–H groups in total. The van der Waals surface area contributed by atoms with Crippen molar-refractivity contribution in [2.45, 2.75) is 25.8 Å². The minimum Gasteiger partial charge on any atom is -0.344 e. The third kappa shape index (κ3) is 2.72. The van der Waals surface area contributed by atoms with Crippen LogP contribution in [0.4, 0.5) is 0 Å². The third-order valence-corrected chi connectivity index (χ3v) is 4.47. The fourth-order valence-electron chi connectivity index (χ4n) is 3.07. The summed E-state index contributed by atoms with van der Waals surface area (Å²) in [5.74, 6) is 0.427.